The Hall–Kier alpha value is -1.44. The summed E-state index contributed by atoms with van der Waals surface area (Å²) in [5.74, 6) is -1.12. The van der Waals surface area contributed by atoms with Gasteiger partial charge in [0.05, 0.1) is 11.2 Å². The second-order valence-electron chi connectivity index (χ2n) is 11.0. The van der Waals surface area contributed by atoms with Crippen LogP contribution in [0.15, 0.2) is 24.3 Å². The number of halogens is 2. The second-order valence-corrected chi connectivity index (χ2v) is 16.4. The predicted octanol–water partition coefficient (Wildman–Crippen LogP) is 6.97. The van der Waals surface area contributed by atoms with Crippen LogP contribution in [0.4, 0.5) is 8.78 Å². The summed E-state index contributed by atoms with van der Waals surface area (Å²) in [5.41, 5.74) is 0.399. The fourth-order valence-electron chi connectivity index (χ4n) is 5.17. The Bertz CT molecular complexity index is 967. The van der Waals surface area contributed by atoms with Crippen molar-refractivity contribution in [3.8, 4) is 5.75 Å². The molecule has 3 rings (SSSR count). The van der Waals surface area contributed by atoms with Gasteiger partial charge in [-0.2, -0.15) is 0 Å². The molecule has 0 bridgehead atoms. The van der Waals surface area contributed by atoms with E-state index in [1.54, 1.807) is 12.1 Å². The van der Waals surface area contributed by atoms with Gasteiger partial charge >= 0.3 is 7.12 Å². The van der Waals surface area contributed by atoms with Crippen LogP contribution < -0.4 is 9.89 Å². The molecule has 0 unspecified atom stereocenters. The van der Waals surface area contributed by atoms with E-state index >= 15 is 4.39 Å². The maximum atomic E-state index is 15.0. The maximum Gasteiger partial charge on any atom is 0.495 e. The van der Waals surface area contributed by atoms with Gasteiger partial charge in [-0.05, 0) is 73.4 Å². The van der Waals surface area contributed by atoms with E-state index in [9.17, 15) is 4.39 Å². The molecule has 0 atom stereocenters. The van der Waals surface area contributed by atoms with Crippen molar-refractivity contribution in [2.75, 3.05) is 0 Å². The summed E-state index contributed by atoms with van der Waals surface area (Å²) < 4.78 is 48.6. The van der Waals surface area contributed by atoms with E-state index in [4.69, 9.17) is 13.7 Å². The standard InChI is InChI=1S/C25H37BF2O3Si/c1-15(2)32(16(3)4,17(5)6)29-19-13-18-11-12-21(27)23(28)22(18)20(14-19)26-30-24(7,8)25(9,10)31-26/h11-17H,1-10H3. The number of hydrogen-bond donors (Lipinski definition) is 0. The first-order valence-corrected chi connectivity index (χ1v) is 13.7. The van der Waals surface area contributed by atoms with Gasteiger partial charge < -0.3 is 13.7 Å². The van der Waals surface area contributed by atoms with Crippen molar-refractivity contribution in [3.05, 3.63) is 35.9 Å². The monoisotopic (exact) mass is 462 g/mol. The summed E-state index contributed by atoms with van der Waals surface area (Å²) in [6.45, 7) is 21.1. The molecule has 1 aliphatic rings. The van der Waals surface area contributed by atoms with E-state index in [2.05, 4.69) is 41.5 Å². The maximum absolute atomic E-state index is 15.0. The number of rotatable bonds is 6. The average molecular weight is 462 g/mol. The van der Waals surface area contributed by atoms with Crippen molar-refractivity contribution in [1.29, 1.82) is 0 Å². The first kappa shape index (κ1) is 25.2. The van der Waals surface area contributed by atoms with Gasteiger partial charge in [0, 0.05) is 5.39 Å². The summed E-state index contributed by atoms with van der Waals surface area (Å²) in [7, 11) is -3.07. The van der Waals surface area contributed by atoms with E-state index in [1.165, 1.54) is 0 Å². The third kappa shape index (κ3) is 4.01. The highest BCUT2D eigenvalue weighted by Gasteiger charge is 2.53. The van der Waals surface area contributed by atoms with Gasteiger partial charge in [-0.15, -0.1) is 0 Å². The zero-order valence-electron chi connectivity index (χ0n) is 21.1. The van der Waals surface area contributed by atoms with Crippen LogP contribution in [0.1, 0.15) is 69.2 Å². The number of hydrogen-bond acceptors (Lipinski definition) is 3. The first-order chi connectivity index (χ1) is 14.6. The highest BCUT2D eigenvalue weighted by atomic mass is 28.4. The summed E-state index contributed by atoms with van der Waals surface area (Å²) in [5, 5.41) is 0.757. The van der Waals surface area contributed by atoms with E-state index < -0.39 is 38.3 Å². The molecule has 3 nitrogen and oxygen atoms in total. The zero-order valence-corrected chi connectivity index (χ0v) is 22.1. The molecule has 0 spiro atoms. The fourth-order valence-corrected chi connectivity index (χ4v) is 10.4. The molecule has 1 fully saturated rings. The fraction of sp³-hybridized carbons (Fsp3) is 0.600. The van der Waals surface area contributed by atoms with Gasteiger partial charge in [0.15, 0.2) is 11.6 Å². The molecule has 0 N–H and O–H groups in total. The van der Waals surface area contributed by atoms with Crippen molar-refractivity contribution < 1.29 is 22.5 Å². The SMILES string of the molecule is CC(C)[Si](Oc1cc(B2OC(C)(C)C(C)(C)O2)c2c(F)c(F)ccc2c1)(C(C)C)C(C)C. The van der Waals surface area contributed by atoms with Crippen LogP contribution in [-0.4, -0.2) is 26.6 Å². The normalized spacial score (nSPS) is 18.4. The molecule has 176 valence electrons. The molecular formula is C25H37BF2O3Si. The lowest BCUT2D eigenvalue weighted by atomic mass is 9.75. The van der Waals surface area contributed by atoms with Crippen LogP contribution in [0.2, 0.25) is 16.6 Å². The molecule has 1 aliphatic heterocycles. The number of fused-ring (bicyclic) bond motifs is 1. The van der Waals surface area contributed by atoms with E-state index in [1.807, 2.05) is 33.8 Å². The van der Waals surface area contributed by atoms with Gasteiger partial charge in [0.25, 0.3) is 8.32 Å². The third-order valence-electron chi connectivity index (χ3n) is 7.52. The minimum atomic E-state index is -2.25. The molecule has 0 radical (unpaired) electrons. The molecule has 0 aliphatic carbocycles. The van der Waals surface area contributed by atoms with Crippen molar-refractivity contribution in [2.24, 2.45) is 0 Å². The molecule has 2 aromatic rings. The van der Waals surface area contributed by atoms with Gasteiger partial charge in [0.2, 0.25) is 0 Å². The van der Waals surface area contributed by atoms with Gasteiger partial charge in [-0.1, -0.05) is 47.6 Å². The Balaban J connectivity index is 2.22. The van der Waals surface area contributed by atoms with Crippen molar-refractivity contribution in [2.45, 2.75) is 97.1 Å². The topological polar surface area (TPSA) is 27.7 Å². The Morgan fingerprint density at radius 1 is 0.844 bits per heavy atom. The molecule has 0 aromatic heterocycles. The highest BCUT2D eigenvalue weighted by molar-refractivity contribution is 6.78. The number of benzene rings is 2. The Labute approximate surface area is 193 Å². The quantitative estimate of drug-likeness (QED) is 0.434. The minimum Gasteiger partial charge on any atom is -0.543 e. The molecule has 7 heteroatoms. The average Bonchev–Trinajstić information content (AvgIpc) is 2.88. The van der Waals surface area contributed by atoms with Crippen molar-refractivity contribution in [3.63, 3.8) is 0 Å². The van der Waals surface area contributed by atoms with Gasteiger partial charge in [0.1, 0.15) is 5.75 Å². The second kappa shape index (κ2) is 8.41. The smallest absolute Gasteiger partial charge is 0.495 e. The van der Waals surface area contributed by atoms with Crippen LogP contribution in [0.25, 0.3) is 10.8 Å². The molecule has 1 saturated heterocycles. The van der Waals surface area contributed by atoms with Gasteiger partial charge in [-0.25, -0.2) is 8.78 Å². The largest absolute Gasteiger partial charge is 0.543 e. The zero-order chi connectivity index (χ0) is 24.2. The Morgan fingerprint density at radius 2 is 1.34 bits per heavy atom. The molecule has 1 heterocycles. The summed E-state index contributed by atoms with van der Waals surface area (Å²) in [4.78, 5) is 0. The van der Waals surface area contributed by atoms with Gasteiger partial charge in [-0.3, -0.25) is 0 Å². The van der Waals surface area contributed by atoms with Crippen LogP contribution in [0, 0.1) is 11.6 Å². The van der Waals surface area contributed by atoms with Crippen LogP contribution in [0.3, 0.4) is 0 Å². The lowest BCUT2D eigenvalue weighted by molar-refractivity contribution is 0.00578. The third-order valence-corrected chi connectivity index (χ3v) is 13.5. The Kier molecular flexibility index (Phi) is 6.62. The minimum absolute atomic E-state index is 0.182. The first-order valence-electron chi connectivity index (χ1n) is 11.6. The van der Waals surface area contributed by atoms with E-state index in [0.717, 1.165) is 6.07 Å². The summed E-state index contributed by atoms with van der Waals surface area (Å²) in [6, 6.07) is 6.37. The molecule has 2 aromatic carbocycles. The summed E-state index contributed by atoms with van der Waals surface area (Å²) in [6.07, 6.45) is 0. The van der Waals surface area contributed by atoms with Crippen molar-refractivity contribution >= 4 is 31.7 Å². The summed E-state index contributed by atoms with van der Waals surface area (Å²) >= 11 is 0. The molecule has 0 amide bonds. The van der Waals surface area contributed by atoms with Crippen LogP contribution in [-0.2, 0) is 9.31 Å². The van der Waals surface area contributed by atoms with E-state index in [0.29, 0.717) is 33.2 Å². The molecule has 0 saturated carbocycles. The highest BCUT2D eigenvalue weighted by Crippen LogP contribution is 2.43. The lowest BCUT2D eigenvalue weighted by Gasteiger charge is -2.42. The van der Waals surface area contributed by atoms with Crippen LogP contribution >= 0.6 is 0 Å². The van der Waals surface area contributed by atoms with Crippen LogP contribution in [0.5, 0.6) is 5.75 Å². The lowest BCUT2D eigenvalue weighted by Crippen LogP contribution is -2.51. The van der Waals surface area contributed by atoms with Crippen molar-refractivity contribution in [1.82, 2.24) is 0 Å². The molecule has 32 heavy (non-hydrogen) atoms. The Morgan fingerprint density at radius 3 is 1.81 bits per heavy atom. The van der Waals surface area contributed by atoms with E-state index in [-0.39, 0.29) is 5.39 Å². The molecular weight excluding hydrogens is 425 g/mol. The predicted molar refractivity (Wildman–Crippen MR) is 131 cm³/mol.